The van der Waals surface area contributed by atoms with Crippen LogP contribution in [0.15, 0.2) is 12.2 Å². The van der Waals surface area contributed by atoms with E-state index >= 15 is 0 Å². The lowest BCUT2D eigenvalue weighted by molar-refractivity contribution is -0.870. The van der Waals surface area contributed by atoms with Crippen LogP contribution in [0.25, 0.3) is 0 Å². The van der Waals surface area contributed by atoms with Gasteiger partial charge in [-0.25, -0.2) is 4.57 Å². The summed E-state index contributed by atoms with van der Waals surface area (Å²) in [7, 11) is 1.62. The van der Waals surface area contributed by atoms with E-state index < -0.39 is 20.0 Å². The Morgan fingerprint density at radius 2 is 1.00 bits per heavy atom. The molecule has 0 saturated heterocycles. The molecule has 54 heavy (non-hydrogen) atoms. The fraction of sp³-hybridized carbons (Fsp3) is 0.933. The first-order valence-corrected chi connectivity index (χ1v) is 24.5. The molecule has 322 valence electrons. The standard InChI is InChI=1S/C45H91N2O6P/c1-6-8-10-12-14-16-18-20-21-22-23-24-25-26-27-28-30-32-34-36-38-44(48)43(42-53-54(50,51)52-41-40-47(3,4)5)46-45(49)39-37-35-33-31-29-19-17-15-13-11-9-7-2/h15,17,43-44,48H,6-14,16,18-42H2,1-5H3,(H-,46,49,50,51)/p+1/b17-15-. The molecule has 0 aliphatic carbocycles. The molecule has 0 aromatic heterocycles. The van der Waals surface area contributed by atoms with Crippen molar-refractivity contribution in [3.05, 3.63) is 12.2 Å². The average Bonchev–Trinajstić information content (AvgIpc) is 3.12. The number of carbonyl (C=O) groups excluding carboxylic acids is 1. The Bertz CT molecular complexity index is 896. The third-order valence-electron chi connectivity index (χ3n) is 10.5. The SMILES string of the molecule is CCCCC/C=C\CCCCCCCC(=O)NC(COP(=O)(O)OCC[N+](C)(C)C)C(O)CCCCCCCCCCCCCCCCCCCCCC. The van der Waals surface area contributed by atoms with Crippen LogP contribution in [0.4, 0.5) is 0 Å². The second kappa shape index (κ2) is 37.8. The Morgan fingerprint density at radius 1 is 0.611 bits per heavy atom. The van der Waals surface area contributed by atoms with Gasteiger partial charge in [-0.2, -0.15) is 0 Å². The van der Waals surface area contributed by atoms with Crippen LogP contribution in [0, 0.1) is 0 Å². The van der Waals surface area contributed by atoms with Crippen molar-refractivity contribution in [2.45, 2.75) is 231 Å². The lowest BCUT2D eigenvalue weighted by atomic mass is 10.0. The number of phosphoric ester groups is 1. The minimum Gasteiger partial charge on any atom is -0.391 e. The molecule has 0 rings (SSSR count). The number of aliphatic hydroxyl groups is 1. The minimum atomic E-state index is -4.31. The van der Waals surface area contributed by atoms with Crippen LogP contribution in [0.1, 0.15) is 219 Å². The molecule has 0 saturated carbocycles. The fourth-order valence-electron chi connectivity index (χ4n) is 6.81. The van der Waals surface area contributed by atoms with Gasteiger partial charge in [0.2, 0.25) is 5.91 Å². The van der Waals surface area contributed by atoms with E-state index in [-0.39, 0.29) is 19.1 Å². The van der Waals surface area contributed by atoms with Crippen molar-refractivity contribution in [3.63, 3.8) is 0 Å². The number of quaternary nitrogens is 1. The molecule has 0 spiro atoms. The number of likely N-dealkylation sites (N-methyl/N-ethyl adjacent to an activating group) is 1. The Kier molecular flexibility index (Phi) is 37.3. The molecule has 8 nitrogen and oxygen atoms in total. The highest BCUT2D eigenvalue weighted by molar-refractivity contribution is 7.47. The number of nitrogens with one attached hydrogen (secondary N) is 1. The van der Waals surface area contributed by atoms with Crippen LogP contribution in [0.2, 0.25) is 0 Å². The molecule has 1 amide bonds. The zero-order valence-corrected chi connectivity index (χ0v) is 37.4. The van der Waals surface area contributed by atoms with E-state index in [4.69, 9.17) is 9.05 Å². The molecule has 9 heteroatoms. The van der Waals surface area contributed by atoms with Crippen molar-refractivity contribution in [2.24, 2.45) is 0 Å². The maximum absolute atomic E-state index is 12.9. The zero-order chi connectivity index (χ0) is 40.0. The van der Waals surface area contributed by atoms with Crippen molar-refractivity contribution in [3.8, 4) is 0 Å². The van der Waals surface area contributed by atoms with Gasteiger partial charge in [0.15, 0.2) is 0 Å². The van der Waals surface area contributed by atoms with Gasteiger partial charge in [0.05, 0.1) is 39.9 Å². The lowest BCUT2D eigenvalue weighted by Crippen LogP contribution is -2.46. The van der Waals surface area contributed by atoms with Gasteiger partial charge in [-0.3, -0.25) is 13.8 Å². The molecule has 0 bridgehead atoms. The minimum absolute atomic E-state index is 0.0749. The number of carbonyl (C=O) groups is 1. The molecule has 0 aliphatic heterocycles. The lowest BCUT2D eigenvalue weighted by Gasteiger charge is -2.26. The predicted molar refractivity (Wildman–Crippen MR) is 231 cm³/mol. The largest absolute Gasteiger partial charge is 0.472 e. The summed E-state index contributed by atoms with van der Waals surface area (Å²) in [6, 6.07) is -0.760. The van der Waals surface area contributed by atoms with Crippen LogP contribution < -0.4 is 5.32 Å². The summed E-state index contributed by atoms with van der Waals surface area (Å²) in [6.07, 6.45) is 42.4. The Balaban J connectivity index is 4.28. The summed E-state index contributed by atoms with van der Waals surface area (Å²) < 4.78 is 23.6. The first-order valence-electron chi connectivity index (χ1n) is 23.1. The van der Waals surface area contributed by atoms with E-state index in [1.165, 1.54) is 141 Å². The molecule has 0 aromatic carbocycles. The molecular formula is C45H92N2O6P+. The van der Waals surface area contributed by atoms with Crippen LogP contribution >= 0.6 is 7.82 Å². The van der Waals surface area contributed by atoms with Gasteiger partial charge in [-0.05, 0) is 38.5 Å². The summed E-state index contributed by atoms with van der Waals surface area (Å²) in [5, 5.41) is 14.0. The smallest absolute Gasteiger partial charge is 0.391 e. The van der Waals surface area contributed by atoms with Crippen molar-refractivity contribution in [2.75, 3.05) is 40.9 Å². The molecule has 0 aliphatic rings. The van der Waals surface area contributed by atoms with Gasteiger partial charge in [0, 0.05) is 6.42 Å². The summed E-state index contributed by atoms with van der Waals surface area (Å²) in [4.78, 5) is 23.1. The van der Waals surface area contributed by atoms with E-state index in [1.54, 1.807) is 0 Å². The number of amides is 1. The van der Waals surface area contributed by atoms with Crippen LogP contribution in [-0.2, 0) is 18.4 Å². The van der Waals surface area contributed by atoms with E-state index in [0.717, 1.165) is 51.4 Å². The van der Waals surface area contributed by atoms with Gasteiger partial charge in [-0.15, -0.1) is 0 Å². The Morgan fingerprint density at radius 3 is 1.46 bits per heavy atom. The highest BCUT2D eigenvalue weighted by atomic mass is 31.2. The Labute approximate surface area is 335 Å². The summed E-state index contributed by atoms with van der Waals surface area (Å²) in [6.45, 7) is 4.87. The summed E-state index contributed by atoms with van der Waals surface area (Å²) in [5.41, 5.74) is 0. The highest BCUT2D eigenvalue weighted by Crippen LogP contribution is 2.43. The molecule has 0 radical (unpaired) electrons. The van der Waals surface area contributed by atoms with Crippen molar-refractivity contribution in [1.29, 1.82) is 0 Å². The van der Waals surface area contributed by atoms with Gasteiger partial charge in [0.25, 0.3) is 0 Å². The molecule has 0 aromatic rings. The topological polar surface area (TPSA) is 105 Å². The van der Waals surface area contributed by atoms with Gasteiger partial charge in [0.1, 0.15) is 13.2 Å². The van der Waals surface area contributed by atoms with Crippen LogP contribution in [0.3, 0.4) is 0 Å². The quantitative estimate of drug-likeness (QED) is 0.0246. The van der Waals surface area contributed by atoms with Crippen LogP contribution in [-0.4, -0.2) is 73.4 Å². The monoisotopic (exact) mass is 788 g/mol. The third kappa shape index (κ3) is 39.5. The molecule has 0 fully saturated rings. The summed E-state index contributed by atoms with van der Waals surface area (Å²) in [5.74, 6) is -0.153. The number of aliphatic hydroxyl groups excluding tert-OH is 1. The van der Waals surface area contributed by atoms with Crippen molar-refractivity contribution < 1.29 is 32.9 Å². The highest BCUT2D eigenvalue weighted by Gasteiger charge is 2.28. The molecule has 0 heterocycles. The number of rotatable bonds is 42. The number of hydrogen-bond donors (Lipinski definition) is 3. The predicted octanol–water partition coefficient (Wildman–Crippen LogP) is 12.8. The van der Waals surface area contributed by atoms with E-state index in [0.29, 0.717) is 23.9 Å². The number of allylic oxidation sites excluding steroid dienone is 2. The van der Waals surface area contributed by atoms with E-state index in [9.17, 15) is 19.4 Å². The maximum Gasteiger partial charge on any atom is 0.472 e. The Hall–Kier alpha value is -0.760. The molecule has 3 unspecified atom stereocenters. The molecule has 3 N–H and O–H groups in total. The van der Waals surface area contributed by atoms with E-state index in [1.807, 2.05) is 21.1 Å². The molecule has 3 atom stereocenters. The first-order chi connectivity index (χ1) is 26.0. The van der Waals surface area contributed by atoms with Crippen molar-refractivity contribution >= 4 is 13.7 Å². The number of phosphoric acid groups is 1. The average molecular weight is 788 g/mol. The zero-order valence-electron chi connectivity index (χ0n) is 36.5. The second-order valence-corrected chi connectivity index (χ2v) is 18.6. The normalized spacial score (nSPS) is 14.4. The second-order valence-electron chi connectivity index (χ2n) is 17.1. The molecular weight excluding hydrogens is 695 g/mol. The van der Waals surface area contributed by atoms with Gasteiger partial charge >= 0.3 is 7.82 Å². The number of nitrogens with zero attached hydrogens (tertiary/aromatic N) is 1. The van der Waals surface area contributed by atoms with Gasteiger partial charge < -0.3 is 19.8 Å². The number of unbranched alkanes of at least 4 members (excludes halogenated alkanes) is 27. The first kappa shape index (κ1) is 53.2. The van der Waals surface area contributed by atoms with Crippen molar-refractivity contribution in [1.82, 2.24) is 5.32 Å². The van der Waals surface area contributed by atoms with Crippen LogP contribution in [0.5, 0.6) is 0 Å². The van der Waals surface area contributed by atoms with Gasteiger partial charge in [-0.1, -0.05) is 187 Å². The fourth-order valence-corrected chi connectivity index (χ4v) is 7.54. The summed E-state index contributed by atoms with van der Waals surface area (Å²) >= 11 is 0. The number of hydrogen-bond acceptors (Lipinski definition) is 5. The third-order valence-corrected chi connectivity index (χ3v) is 11.5. The van der Waals surface area contributed by atoms with E-state index in [2.05, 4.69) is 31.3 Å². The maximum atomic E-state index is 12.9.